The maximum atomic E-state index is 13.1. The van der Waals surface area contributed by atoms with E-state index in [4.69, 9.17) is 4.42 Å². The van der Waals surface area contributed by atoms with Crippen LogP contribution in [0.15, 0.2) is 40.8 Å². The molecule has 1 fully saturated rings. The lowest BCUT2D eigenvalue weighted by molar-refractivity contribution is 0.0736. The van der Waals surface area contributed by atoms with E-state index in [0.717, 1.165) is 55.3 Å². The summed E-state index contributed by atoms with van der Waals surface area (Å²) in [4.78, 5) is 17.4. The van der Waals surface area contributed by atoms with Crippen molar-refractivity contribution in [2.24, 2.45) is 0 Å². The molecule has 0 unspecified atom stereocenters. The minimum absolute atomic E-state index is 0.0975. The van der Waals surface area contributed by atoms with Crippen LogP contribution in [0.25, 0.3) is 11.1 Å². The van der Waals surface area contributed by atoms with Crippen LogP contribution in [0.4, 0.5) is 5.69 Å². The first-order valence-electron chi connectivity index (χ1n) is 9.28. The van der Waals surface area contributed by atoms with Crippen LogP contribution in [-0.2, 0) is 6.54 Å². The summed E-state index contributed by atoms with van der Waals surface area (Å²) in [7, 11) is 0. The Morgan fingerprint density at radius 3 is 2.50 bits per heavy atom. The molecule has 26 heavy (non-hydrogen) atoms. The third kappa shape index (κ3) is 2.77. The highest BCUT2D eigenvalue weighted by atomic mass is 16.3. The number of carbonyl (C=O) groups excluding carboxylic acids is 1. The number of nitrogens with zero attached hydrogens (tertiary/aromatic N) is 3. The molecule has 0 N–H and O–H groups in total. The summed E-state index contributed by atoms with van der Waals surface area (Å²) in [5.41, 5.74) is 5.08. The summed E-state index contributed by atoms with van der Waals surface area (Å²) in [5, 5.41) is 0. The Morgan fingerprint density at radius 1 is 1.08 bits per heavy atom. The molecular weight excluding hydrogens is 326 g/mol. The first-order chi connectivity index (χ1) is 12.6. The molecule has 1 amide bonds. The molecule has 0 spiro atoms. The monoisotopic (exact) mass is 351 g/mol. The maximum Gasteiger partial charge on any atom is 0.270 e. The summed E-state index contributed by atoms with van der Waals surface area (Å²) < 4.78 is 7.77. The highest BCUT2D eigenvalue weighted by Crippen LogP contribution is 2.26. The molecule has 3 heterocycles. The largest absolute Gasteiger partial charge is 0.460 e. The van der Waals surface area contributed by atoms with Gasteiger partial charge in [-0.3, -0.25) is 4.79 Å². The number of para-hydroxylation sites is 1. The fraction of sp³-hybridized carbons (Fsp3) is 0.381. The second-order valence-corrected chi connectivity index (χ2v) is 6.95. The van der Waals surface area contributed by atoms with Crippen LogP contribution in [0.2, 0.25) is 0 Å². The first-order valence-corrected chi connectivity index (χ1v) is 9.28. The van der Waals surface area contributed by atoms with E-state index in [1.165, 1.54) is 11.3 Å². The van der Waals surface area contributed by atoms with Crippen LogP contribution in [-0.4, -0.2) is 41.6 Å². The van der Waals surface area contributed by atoms with Crippen molar-refractivity contribution in [1.29, 1.82) is 0 Å². The van der Waals surface area contributed by atoms with Crippen molar-refractivity contribution in [3.05, 3.63) is 53.4 Å². The Bertz CT molecular complexity index is 945. The van der Waals surface area contributed by atoms with Gasteiger partial charge in [0.25, 0.3) is 5.91 Å². The van der Waals surface area contributed by atoms with Gasteiger partial charge in [0.2, 0.25) is 0 Å². The van der Waals surface area contributed by atoms with E-state index in [1.54, 1.807) is 0 Å². The molecule has 2 aromatic heterocycles. The lowest BCUT2D eigenvalue weighted by Crippen LogP contribution is -2.49. The number of anilines is 1. The average Bonchev–Trinajstić information content (AvgIpc) is 3.17. The van der Waals surface area contributed by atoms with Gasteiger partial charge in [-0.25, -0.2) is 0 Å². The lowest BCUT2D eigenvalue weighted by Gasteiger charge is -2.36. The van der Waals surface area contributed by atoms with Crippen LogP contribution >= 0.6 is 0 Å². The van der Waals surface area contributed by atoms with E-state index in [1.807, 2.05) is 24.0 Å². The fourth-order valence-electron chi connectivity index (χ4n) is 3.91. The molecule has 5 heteroatoms. The molecule has 0 saturated carbocycles. The zero-order valence-electron chi connectivity index (χ0n) is 15.7. The fourth-order valence-corrected chi connectivity index (χ4v) is 3.91. The van der Waals surface area contributed by atoms with E-state index >= 15 is 0 Å². The highest BCUT2D eigenvalue weighted by Gasteiger charge is 2.26. The Kier molecular flexibility index (Phi) is 4.23. The van der Waals surface area contributed by atoms with Crippen molar-refractivity contribution in [3.8, 4) is 0 Å². The molecule has 0 radical (unpaired) electrons. The van der Waals surface area contributed by atoms with E-state index in [2.05, 4.69) is 47.6 Å². The molecule has 3 aromatic rings. The van der Waals surface area contributed by atoms with E-state index in [0.29, 0.717) is 0 Å². The average molecular weight is 351 g/mol. The Morgan fingerprint density at radius 2 is 1.81 bits per heavy atom. The lowest BCUT2D eigenvalue weighted by atomic mass is 10.1. The Labute approximate surface area is 153 Å². The van der Waals surface area contributed by atoms with Crippen LogP contribution in [0.3, 0.4) is 0 Å². The van der Waals surface area contributed by atoms with Gasteiger partial charge in [0.1, 0.15) is 11.5 Å². The summed E-state index contributed by atoms with van der Waals surface area (Å²) in [6.07, 6.45) is 0. The molecular formula is C21H25N3O2. The van der Waals surface area contributed by atoms with Gasteiger partial charge in [0, 0.05) is 50.5 Å². The SMILES string of the molecule is CCn1c(C(=O)N2CCN(c3ccccc3C)CC2)cc2oc(C)cc21. The Hall–Kier alpha value is -2.69. The van der Waals surface area contributed by atoms with E-state index < -0.39 is 0 Å². The van der Waals surface area contributed by atoms with E-state index in [9.17, 15) is 4.79 Å². The van der Waals surface area contributed by atoms with Crippen LogP contribution in [0.5, 0.6) is 0 Å². The number of benzene rings is 1. The second-order valence-electron chi connectivity index (χ2n) is 6.95. The molecule has 136 valence electrons. The maximum absolute atomic E-state index is 13.1. The highest BCUT2D eigenvalue weighted by molar-refractivity contribution is 5.97. The van der Waals surface area contributed by atoms with Gasteiger partial charge in [-0.2, -0.15) is 0 Å². The predicted molar refractivity (Wildman–Crippen MR) is 104 cm³/mol. The number of piperazine rings is 1. The smallest absolute Gasteiger partial charge is 0.270 e. The number of fused-ring (bicyclic) bond motifs is 1. The third-order valence-corrected chi connectivity index (χ3v) is 5.27. The zero-order chi connectivity index (χ0) is 18.3. The number of aromatic nitrogens is 1. The molecule has 1 aromatic carbocycles. The summed E-state index contributed by atoms with van der Waals surface area (Å²) in [5.74, 6) is 0.975. The number of aryl methyl sites for hydroxylation is 3. The number of carbonyl (C=O) groups is 1. The summed E-state index contributed by atoms with van der Waals surface area (Å²) in [6, 6.07) is 12.3. The minimum Gasteiger partial charge on any atom is -0.460 e. The van der Waals surface area contributed by atoms with Gasteiger partial charge in [0.05, 0.1) is 5.52 Å². The molecule has 1 saturated heterocycles. The molecule has 0 atom stereocenters. The number of hydrogen-bond donors (Lipinski definition) is 0. The number of hydrogen-bond acceptors (Lipinski definition) is 3. The van der Waals surface area contributed by atoms with Crippen LogP contribution in [0, 0.1) is 13.8 Å². The van der Waals surface area contributed by atoms with Gasteiger partial charge < -0.3 is 18.8 Å². The van der Waals surface area contributed by atoms with E-state index in [-0.39, 0.29) is 5.91 Å². The quantitative estimate of drug-likeness (QED) is 0.720. The van der Waals surface area contributed by atoms with Crippen LogP contribution in [0.1, 0.15) is 28.7 Å². The van der Waals surface area contributed by atoms with Crippen molar-refractivity contribution in [2.45, 2.75) is 27.3 Å². The molecule has 1 aliphatic heterocycles. The van der Waals surface area contributed by atoms with Crippen molar-refractivity contribution in [2.75, 3.05) is 31.1 Å². The van der Waals surface area contributed by atoms with Gasteiger partial charge in [0.15, 0.2) is 5.58 Å². The number of furan rings is 1. The first kappa shape index (κ1) is 16.8. The molecule has 0 bridgehead atoms. The van der Waals surface area contributed by atoms with Gasteiger partial charge in [-0.1, -0.05) is 18.2 Å². The normalized spacial score (nSPS) is 15.0. The molecule has 4 rings (SSSR count). The van der Waals surface area contributed by atoms with Crippen molar-refractivity contribution in [3.63, 3.8) is 0 Å². The minimum atomic E-state index is 0.0975. The Balaban J connectivity index is 1.52. The van der Waals surface area contributed by atoms with Crippen molar-refractivity contribution in [1.82, 2.24) is 9.47 Å². The van der Waals surface area contributed by atoms with Crippen molar-refractivity contribution >= 4 is 22.7 Å². The second kappa shape index (κ2) is 6.56. The standard InChI is InChI=1S/C21H25N3O2/c1-4-24-18-13-16(3)26-20(18)14-19(24)21(25)23-11-9-22(10-12-23)17-8-6-5-7-15(17)2/h5-8,13-14H,4,9-12H2,1-3H3. The van der Waals surface area contributed by atoms with Crippen molar-refractivity contribution < 1.29 is 9.21 Å². The summed E-state index contributed by atoms with van der Waals surface area (Å²) in [6.45, 7) is 10.1. The van der Waals surface area contributed by atoms with Gasteiger partial charge >= 0.3 is 0 Å². The van der Waals surface area contributed by atoms with Crippen LogP contribution < -0.4 is 4.90 Å². The molecule has 5 nitrogen and oxygen atoms in total. The zero-order valence-corrected chi connectivity index (χ0v) is 15.7. The molecule has 0 aliphatic carbocycles. The van der Waals surface area contributed by atoms with Gasteiger partial charge in [-0.05, 0) is 32.4 Å². The number of amides is 1. The third-order valence-electron chi connectivity index (χ3n) is 5.27. The summed E-state index contributed by atoms with van der Waals surface area (Å²) >= 11 is 0. The molecule has 1 aliphatic rings. The van der Waals surface area contributed by atoms with Gasteiger partial charge in [-0.15, -0.1) is 0 Å². The topological polar surface area (TPSA) is 41.6 Å². The predicted octanol–water partition coefficient (Wildman–Crippen LogP) is 3.83. The number of rotatable bonds is 3.